The Labute approximate surface area is 98.6 Å². The van der Waals surface area contributed by atoms with E-state index in [9.17, 15) is 13.2 Å². The second-order valence-electron chi connectivity index (χ2n) is 3.96. The smallest absolute Gasteiger partial charge is 0.324 e. The van der Waals surface area contributed by atoms with Crippen molar-refractivity contribution in [3.8, 4) is 0 Å². The third kappa shape index (κ3) is 3.58. The molecule has 1 atom stereocenters. The van der Waals surface area contributed by atoms with Crippen LogP contribution in [0.1, 0.15) is 12.8 Å². The van der Waals surface area contributed by atoms with Crippen molar-refractivity contribution in [1.29, 1.82) is 0 Å². The van der Waals surface area contributed by atoms with E-state index in [1.165, 1.54) is 0 Å². The maximum Gasteiger partial charge on any atom is 0.324 e. The molecule has 0 radical (unpaired) electrons. The normalized spacial score (nSPS) is 27.1. The predicted octanol–water partition coefficient (Wildman–Crippen LogP) is -0.0817. The molecule has 96 valence electrons. The fraction of sp³-hybridized carbons (Fsp3) is 0.875. The number of nitrogens with zero attached hydrogens (tertiary/aromatic N) is 3. The molecule has 0 amide bonds. The lowest BCUT2D eigenvalue weighted by atomic mass is 9.95. The number of azide groups is 1. The molecule has 1 unspecified atom stereocenters. The molecule has 1 aliphatic rings. The van der Waals surface area contributed by atoms with Crippen LogP contribution in [-0.4, -0.2) is 49.6 Å². The lowest BCUT2D eigenvalue weighted by molar-refractivity contribution is -0.144. The number of carboxylic acid groups (broad SMARTS) is 1. The fourth-order valence-corrected chi connectivity index (χ4v) is 3.74. The summed E-state index contributed by atoms with van der Waals surface area (Å²) in [5.74, 6) is -1.56. The van der Waals surface area contributed by atoms with Crippen molar-refractivity contribution in [3.05, 3.63) is 10.4 Å². The van der Waals surface area contributed by atoms with Gasteiger partial charge in [0.1, 0.15) is 5.54 Å². The van der Waals surface area contributed by atoms with Gasteiger partial charge in [0.15, 0.2) is 9.84 Å². The summed E-state index contributed by atoms with van der Waals surface area (Å²) in [6.45, 7) is 0.234. The molecule has 2 N–H and O–H groups in total. The topological polar surface area (TPSA) is 132 Å². The van der Waals surface area contributed by atoms with Gasteiger partial charge in [0.2, 0.25) is 0 Å². The predicted molar refractivity (Wildman–Crippen MR) is 60.3 cm³/mol. The molecule has 0 aliphatic carbocycles. The van der Waals surface area contributed by atoms with E-state index < -0.39 is 27.1 Å². The summed E-state index contributed by atoms with van der Waals surface area (Å²) in [4.78, 5) is 13.7. The van der Waals surface area contributed by atoms with Crippen LogP contribution in [-0.2, 0) is 14.6 Å². The summed E-state index contributed by atoms with van der Waals surface area (Å²) in [5, 5.41) is 15.1. The number of carbonyl (C=O) groups is 1. The van der Waals surface area contributed by atoms with Crippen LogP contribution in [0.4, 0.5) is 0 Å². The van der Waals surface area contributed by atoms with Gasteiger partial charge in [-0.2, -0.15) is 0 Å². The maximum atomic E-state index is 11.5. The standard InChI is InChI=1S/C8H14N4O4S/c9-12-11-4-3-10-8(7(13)14)2-1-5-17(15,16)6-8/h10H,1-6H2,(H,13,14). The minimum absolute atomic E-state index is 0.0278. The molecule has 1 fully saturated rings. The van der Waals surface area contributed by atoms with Crippen molar-refractivity contribution in [2.24, 2.45) is 5.11 Å². The lowest BCUT2D eigenvalue weighted by Crippen LogP contribution is -2.59. The molecule has 8 nitrogen and oxygen atoms in total. The van der Waals surface area contributed by atoms with Crippen molar-refractivity contribution in [1.82, 2.24) is 5.32 Å². The summed E-state index contributed by atoms with van der Waals surface area (Å²) in [6, 6.07) is 0. The molecule has 0 aromatic rings. The van der Waals surface area contributed by atoms with Crippen LogP contribution in [0, 0.1) is 0 Å². The molecule has 1 saturated heterocycles. The Hall–Kier alpha value is -1.31. The van der Waals surface area contributed by atoms with Crippen LogP contribution in [0.15, 0.2) is 5.11 Å². The highest BCUT2D eigenvalue weighted by atomic mass is 32.2. The molecule has 1 rings (SSSR count). The summed E-state index contributed by atoms with van der Waals surface area (Å²) < 4.78 is 22.9. The van der Waals surface area contributed by atoms with E-state index in [0.29, 0.717) is 6.42 Å². The molecule has 0 saturated carbocycles. The van der Waals surface area contributed by atoms with Crippen molar-refractivity contribution in [2.45, 2.75) is 18.4 Å². The molecular weight excluding hydrogens is 248 g/mol. The Bertz CT molecular complexity index is 442. The van der Waals surface area contributed by atoms with Crippen molar-refractivity contribution < 1.29 is 18.3 Å². The number of sulfone groups is 1. The van der Waals surface area contributed by atoms with Crippen molar-refractivity contribution >= 4 is 15.8 Å². The maximum absolute atomic E-state index is 11.5. The van der Waals surface area contributed by atoms with Crippen LogP contribution in [0.2, 0.25) is 0 Å². The highest BCUT2D eigenvalue weighted by Crippen LogP contribution is 2.23. The summed E-state index contributed by atoms with van der Waals surface area (Å²) >= 11 is 0. The van der Waals surface area contributed by atoms with E-state index >= 15 is 0 Å². The first-order chi connectivity index (χ1) is 7.92. The first-order valence-corrected chi connectivity index (χ1v) is 6.94. The second kappa shape index (κ2) is 5.35. The van der Waals surface area contributed by atoms with E-state index in [2.05, 4.69) is 15.3 Å². The lowest BCUT2D eigenvalue weighted by Gasteiger charge is -2.33. The minimum Gasteiger partial charge on any atom is -0.480 e. The molecular formula is C8H14N4O4S. The Kier molecular flexibility index (Phi) is 4.33. The van der Waals surface area contributed by atoms with E-state index in [4.69, 9.17) is 10.6 Å². The Morgan fingerprint density at radius 1 is 1.59 bits per heavy atom. The third-order valence-electron chi connectivity index (χ3n) is 2.67. The molecule has 0 aromatic heterocycles. The van der Waals surface area contributed by atoms with Gasteiger partial charge in [0, 0.05) is 18.0 Å². The highest BCUT2D eigenvalue weighted by molar-refractivity contribution is 7.91. The zero-order valence-corrected chi connectivity index (χ0v) is 9.98. The Morgan fingerprint density at radius 3 is 2.82 bits per heavy atom. The summed E-state index contributed by atoms with van der Waals surface area (Å²) in [7, 11) is -3.32. The van der Waals surface area contributed by atoms with Gasteiger partial charge >= 0.3 is 5.97 Å². The number of nitrogens with one attached hydrogen (secondary N) is 1. The Morgan fingerprint density at radius 2 is 2.29 bits per heavy atom. The van der Waals surface area contributed by atoms with E-state index in [0.717, 1.165) is 0 Å². The van der Waals surface area contributed by atoms with Gasteiger partial charge in [0.25, 0.3) is 0 Å². The number of rotatable bonds is 5. The van der Waals surface area contributed by atoms with Crippen LogP contribution in [0.5, 0.6) is 0 Å². The molecule has 0 aromatic carbocycles. The van der Waals surface area contributed by atoms with Gasteiger partial charge in [-0.15, -0.1) is 0 Å². The minimum atomic E-state index is -3.32. The van der Waals surface area contributed by atoms with Crippen molar-refractivity contribution in [3.63, 3.8) is 0 Å². The van der Waals surface area contributed by atoms with Gasteiger partial charge < -0.3 is 10.4 Å². The van der Waals surface area contributed by atoms with Crippen LogP contribution < -0.4 is 5.32 Å². The first-order valence-electron chi connectivity index (χ1n) is 5.12. The zero-order chi connectivity index (χ0) is 12.9. The average molecular weight is 262 g/mol. The van der Waals surface area contributed by atoms with Gasteiger partial charge in [-0.25, -0.2) is 8.42 Å². The molecule has 1 aliphatic heterocycles. The molecule has 9 heteroatoms. The van der Waals surface area contributed by atoms with Gasteiger partial charge in [0.05, 0.1) is 11.5 Å². The second-order valence-corrected chi connectivity index (χ2v) is 6.15. The molecule has 0 bridgehead atoms. The number of hydrogen-bond donors (Lipinski definition) is 2. The molecule has 1 heterocycles. The largest absolute Gasteiger partial charge is 0.480 e. The molecule has 17 heavy (non-hydrogen) atoms. The summed E-state index contributed by atoms with van der Waals surface area (Å²) in [6.07, 6.45) is 0.584. The van der Waals surface area contributed by atoms with Gasteiger partial charge in [-0.1, -0.05) is 5.11 Å². The average Bonchev–Trinajstić information content (AvgIpc) is 2.23. The Balaban J connectivity index is 2.75. The number of carboxylic acids is 1. The first kappa shape index (κ1) is 13.8. The highest BCUT2D eigenvalue weighted by Gasteiger charge is 2.44. The quantitative estimate of drug-likeness (QED) is 0.309. The third-order valence-corrected chi connectivity index (χ3v) is 4.52. The fourth-order valence-electron chi connectivity index (χ4n) is 1.89. The van der Waals surface area contributed by atoms with E-state index in [1.54, 1.807) is 0 Å². The summed E-state index contributed by atoms with van der Waals surface area (Å²) in [5.41, 5.74) is 6.64. The molecule has 0 spiro atoms. The van der Waals surface area contributed by atoms with Gasteiger partial charge in [-0.05, 0) is 18.4 Å². The van der Waals surface area contributed by atoms with Crippen LogP contribution in [0.3, 0.4) is 0 Å². The van der Waals surface area contributed by atoms with E-state index in [1.807, 2.05) is 0 Å². The van der Waals surface area contributed by atoms with Gasteiger partial charge in [-0.3, -0.25) is 4.79 Å². The van der Waals surface area contributed by atoms with Crippen molar-refractivity contribution in [2.75, 3.05) is 24.6 Å². The van der Waals surface area contributed by atoms with Crippen LogP contribution >= 0.6 is 0 Å². The van der Waals surface area contributed by atoms with E-state index in [-0.39, 0.29) is 25.3 Å². The zero-order valence-electron chi connectivity index (χ0n) is 9.16. The van der Waals surface area contributed by atoms with Crippen LogP contribution in [0.25, 0.3) is 10.4 Å². The number of hydrogen-bond acceptors (Lipinski definition) is 5. The monoisotopic (exact) mass is 262 g/mol. The SMILES string of the molecule is [N-]=[N+]=NCCNC1(C(=O)O)CCCS(=O)(=O)C1. The number of aliphatic carboxylic acids is 1.